The van der Waals surface area contributed by atoms with Gasteiger partial charge in [0.2, 0.25) is 17.1 Å². The maximum atomic E-state index is 13.9. The predicted molar refractivity (Wildman–Crippen MR) is 90.0 cm³/mol. The summed E-state index contributed by atoms with van der Waals surface area (Å²) < 4.78 is 26.0. The summed E-state index contributed by atoms with van der Waals surface area (Å²) in [5, 5.41) is 38.8. The van der Waals surface area contributed by atoms with Crippen molar-refractivity contribution in [1.29, 1.82) is 21.2 Å². The molecule has 4 atom stereocenters. The molecule has 0 unspecified atom stereocenters. The van der Waals surface area contributed by atoms with Crippen LogP contribution < -0.4 is 0 Å². The maximum Gasteiger partial charge on any atom is 0.217 e. The van der Waals surface area contributed by atoms with Crippen LogP contribution in [-0.2, 0) is 9.47 Å². The molecule has 1 aliphatic carbocycles. The van der Waals surface area contributed by atoms with Gasteiger partial charge in [0.1, 0.15) is 11.9 Å². The number of nitrogens with one attached hydrogen (secondary N) is 1. The second-order valence-electron chi connectivity index (χ2n) is 7.40. The van der Waals surface area contributed by atoms with E-state index < -0.39 is 34.5 Å². The Morgan fingerprint density at radius 1 is 1.11 bits per heavy atom. The Labute approximate surface area is 156 Å². The molecule has 2 aliphatic heterocycles. The van der Waals surface area contributed by atoms with Gasteiger partial charge in [-0.15, -0.1) is 0 Å². The molecule has 7 heteroatoms. The van der Waals surface area contributed by atoms with Crippen LogP contribution in [0.15, 0.2) is 24.3 Å². The quantitative estimate of drug-likeness (QED) is 0.815. The number of ether oxygens (including phenoxy) is 2. The first-order valence-electron chi connectivity index (χ1n) is 8.95. The smallest absolute Gasteiger partial charge is 0.217 e. The molecule has 1 saturated carbocycles. The number of hydrogen-bond acceptors (Lipinski definition) is 6. The first-order valence-corrected chi connectivity index (χ1v) is 8.95. The van der Waals surface area contributed by atoms with E-state index in [4.69, 9.17) is 14.9 Å². The molecule has 1 aromatic carbocycles. The molecular weight excluding hydrogens is 347 g/mol. The summed E-state index contributed by atoms with van der Waals surface area (Å²) in [6, 6.07) is 11.6. The van der Waals surface area contributed by atoms with Gasteiger partial charge in [-0.25, -0.2) is 4.39 Å². The Balaban J connectivity index is 2.01. The van der Waals surface area contributed by atoms with Crippen molar-refractivity contribution in [3.8, 4) is 18.2 Å². The Morgan fingerprint density at radius 2 is 1.89 bits per heavy atom. The normalized spacial score (nSPS) is 36.3. The molecule has 6 nitrogen and oxygen atoms in total. The van der Waals surface area contributed by atoms with Crippen LogP contribution in [0.25, 0.3) is 0 Å². The van der Waals surface area contributed by atoms with Crippen LogP contribution in [0.5, 0.6) is 0 Å². The number of nitrogens with zero attached hydrogens (tertiary/aromatic N) is 3. The minimum absolute atomic E-state index is 0.290. The zero-order valence-corrected chi connectivity index (χ0v) is 14.5. The fourth-order valence-corrected chi connectivity index (χ4v) is 5.01. The highest BCUT2D eigenvalue weighted by Crippen LogP contribution is 2.68. The molecular formula is C20H17FN4O2. The lowest BCUT2D eigenvalue weighted by atomic mass is 9.52. The minimum Gasteiger partial charge on any atom is -0.447 e. The SMILES string of the molecule is N#CC1(C#N)[C@@H](c2cccc(F)c2)O[C@]23CCCCC[C@@H]2[C@@]1(C#N)C(=N)O3. The summed E-state index contributed by atoms with van der Waals surface area (Å²) in [5.74, 6) is -2.75. The molecule has 4 rings (SSSR count). The molecule has 3 fully saturated rings. The van der Waals surface area contributed by atoms with E-state index in [1.54, 1.807) is 6.07 Å². The molecule has 0 spiro atoms. The standard InChI is InChI=1S/C20H17FN4O2/c21-14-6-4-5-13(9-14)16-18(10-22,11-23)19(12-24)15-7-2-1-3-8-20(15,26-16)27-17(19)25/h4-6,9,15-16,25H,1-3,7-8H2/t15-,16-,19+,20+/m1/s1. The van der Waals surface area contributed by atoms with E-state index in [9.17, 15) is 20.2 Å². The summed E-state index contributed by atoms with van der Waals surface area (Å²) in [4.78, 5) is 0. The topological polar surface area (TPSA) is 114 Å². The van der Waals surface area contributed by atoms with Crippen molar-refractivity contribution >= 4 is 5.90 Å². The van der Waals surface area contributed by atoms with Gasteiger partial charge in [0, 0.05) is 6.42 Å². The molecule has 2 bridgehead atoms. The van der Waals surface area contributed by atoms with Gasteiger partial charge in [0.05, 0.1) is 24.1 Å². The van der Waals surface area contributed by atoms with Gasteiger partial charge >= 0.3 is 0 Å². The van der Waals surface area contributed by atoms with Crippen LogP contribution in [0.1, 0.15) is 43.8 Å². The highest BCUT2D eigenvalue weighted by molar-refractivity contribution is 5.89. The maximum absolute atomic E-state index is 13.9. The van der Waals surface area contributed by atoms with Crippen LogP contribution in [0.2, 0.25) is 0 Å². The van der Waals surface area contributed by atoms with Crippen molar-refractivity contribution in [2.24, 2.45) is 16.7 Å². The third kappa shape index (κ3) is 1.97. The first-order chi connectivity index (χ1) is 13.0. The number of hydrogen-bond donors (Lipinski definition) is 1. The molecule has 0 radical (unpaired) electrons. The Kier molecular flexibility index (Phi) is 3.74. The number of rotatable bonds is 1. The van der Waals surface area contributed by atoms with E-state index in [0.29, 0.717) is 12.8 Å². The van der Waals surface area contributed by atoms with E-state index in [1.807, 2.05) is 12.1 Å². The fourth-order valence-electron chi connectivity index (χ4n) is 5.01. The number of nitriles is 3. The van der Waals surface area contributed by atoms with Crippen molar-refractivity contribution in [3.05, 3.63) is 35.6 Å². The van der Waals surface area contributed by atoms with E-state index in [1.165, 1.54) is 18.2 Å². The summed E-state index contributed by atoms with van der Waals surface area (Å²) >= 11 is 0. The predicted octanol–water partition coefficient (Wildman–Crippen LogP) is 3.72. The Hall–Kier alpha value is -2.95. The van der Waals surface area contributed by atoms with Crippen LogP contribution >= 0.6 is 0 Å². The van der Waals surface area contributed by atoms with Crippen LogP contribution in [-0.4, -0.2) is 11.7 Å². The Morgan fingerprint density at radius 3 is 2.56 bits per heavy atom. The molecule has 27 heavy (non-hydrogen) atoms. The second kappa shape index (κ2) is 5.78. The van der Waals surface area contributed by atoms with E-state index in [0.717, 1.165) is 19.3 Å². The molecule has 136 valence electrons. The molecule has 1 aromatic rings. The third-order valence-corrected chi connectivity index (χ3v) is 6.22. The van der Waals surface area contributed by atoms with Crippen LogP contribution in [0, 0.1) is 62.0 Å². The van der Waals surface area contributed by atoms with Gasteiger partial charge in [-0.1, -0.05) is 25.0 Å². The summed E-state index contributed by atoms with van der Waals surface area (Å²) in [5.41, 5.74) is -3.48. The highest BCUT2D eigenvalue weighted by Gasteiger charge is 2.80. The lowest BCUT2D eigenvalue weighted by Crippen LogP contribution is -2.59. The largest absolute Gasteiger partial charge is 0.447 e. The zero-order valence-electron chi connectivity index (χ0n) is 14.5. The second-order valence-corrected chi connectivity index (χ2v) is 7.40. The monoisotopic (exact) mass is 364 g/mol. The first kappa shape index (κ1) is 17.5. The Bertz CT molecular complexity index is 929. The van der Waals surface area contributed by atoms with Crippen molar-refractivity contribution in [2.75, 3.05) is 0 Å². The average molecular weight is 364 g/mol. The van der Waals surface area contributed by atoms with Gasteiger partial charge < -0.3 is 9.47 Å². The number of halogens is 1. The third-order valence-electron chi connectivity index (χ3n) is 6.22. The molecule has 0 amide bonds. The highest BCUT2D eigenvalue weighted by atomic mass is 19.1. The van der Waals surface area contributed by atoms with E-state index in [2.05, 4.69) is 6.07 Å². The van der Waals surface area contributed by atoms with Crippen molar-refractivity contribution in [2.45, 2.75) is 44.0 Å². The number of benzene rings is 1. The van der Waals surface area contributed by atoms with Gasteiger partial charge in [-0.05, 0) is 30.5 Å². The van der Waals surface area contributed by atoms with Gasteiger partial charge in [0.25, 0.3) is 0 Å². The van der Waals surface area contributed by atoms with E-state index in [-0.39, 0.29) is 11.5 Å². The zero-order chi connectivity index (χ0) is 19.3. The minimum atomic E-state index is -2.01. The lowest BCUT2D eigenvalue weighted by molar-refractivity contribution is -0.285. The van der Waals surface area contributed by atoms with Crippen molar-refractivity contribution in [1.82, 2.24) is 0 Å². The fraction of sp³-hybridized carbons (Fsp3) is 0.500. The van der Waals surface area contributed by atoms with E-state index >= 15 is 0 Å². The van der Waals surface area contributed by atoms with Crippen LogP contribution in [0.4, 0.5) is 4.39 Å². The van der Waals surface area contributed by atoms with Crippen molar-refractivity contribution in [3.63, 3.8) is 0 Å². The summed E-state index contributed by atoms with van der Waals surface area (Å²) in [7, 11) is 0. The van der Waals surface area contributed by atoms with Gasteiger partial charge in [0.15, 0.2) is 5.41 Å². The molecule has 2 heterocycles. The van der Waals surface area contributed by atoms with Gasteiger partial charge in [-0.3, -0.25) is 5.41 Å². The summed E-state index contributed by atoms with van der Waals surface area (Å²) in [6.45, 7) is 0. The lowest BCUT2D eigenvalue weighted by Gasteiger charge is -2.49. The molecule has 2 saturated heterocycles. The van der Waals surface area contributed by atoms with Crippen molar-refractivity contribution < 1.29 is 13.9 Å². The summed E-state index contributed by atoms with van der Waals surface area (Å²) in [6.07, 6.45) is 2.29. The van der Waals surface area contributed by atoms with Gasteiger partial charge in [-0.2, -0.15) is 15.8 Å². The van der Waals surface area contributed by atoms with Crippen LogP contribution in [0.3, 0.4) is 0 Å². The molecule has 0 aromatic heterocycles. The molecule has 3 aliphatic rings. The molecule has 1 N–H and O–H groups in total. The average Bonchev–Trinajstić information content (AvgIpc) is 2.80.